The summed E-state index contributed by atoms with van der Waals surface area (Å²) in [5, 5.41) is 2.76. The van der Waals surface area contributed by atoms with Crippen molar-refractivity contribution in [2.45, 2.75) is 39.2 Å². The van der Waals surface area contributed by atoms with Gasteiger partial charge in [0.05, 0.1) is 0 Å². The van der Waals surface area contributed by atoms with Gasteiger partial charge in [0.2, 0.25) is 0 Å². The molecule has 0 fully saturated rings. The first-order chi connectivity index (χ1) is 9.36. The van der Waals surface area contributed by atoms with Crippen LogP contribution in [0.15, 0.2) is 48.5 Å². The summed E-state index contributed by atoms with van der Waals surface area (Å²) in [6.07, 6.45) is 3.68. The van der Waals surface area contributed by atoms with Crippen LogP contribution in [0, 0.1) is 0 Å². The molecule has 0 amide bonds. The molecule has 2 aromatic carbocycles. The lowest BCUT2D eigenvalue weighted by molar-refractivity contribution is 0.471. The average molecular weight is 251 g/mol. The minimum atomic E-state index is 0.606. The number of hydrogen-bond donors (Lipinski definition) is 0. The van der Waals surface area contributed by atoms with E-state index in [0.29, 0.717) is 6.04 Å². The molecule has 0 aliphatic carbocycles. The van der Waals surface area contributed by atoms with E-state index in [9.17, 15) is 0 Å². The standard InChI is InChI=1S/C18H21N/c1-3-9-14(4-2)19-17-12-7-5-10-15(17)16-11-6-8-13-18(16)19/h5-8,10-14H,3-4,9H2,1-2H3. The average Bonchev–Trinajstić information content (AvgIpc) is 2.80. The molecule has 0 saturated carbocycles. The summed E-state index contributed by atoms with van der Waals surface area (Å²) in [5.41, 5.74) is 2.76. The molecular weight excluding hydrogens is 230 g/mol. The van der Waals surface area contributed by atoms with Crippen LogP contribution in [0.3, 0.4) is 0 Å². The van der Waals surface area contributed by atoms with Gasteiger partial charge in [0.15, 0.2) is 0 Å². The maximum absolute atomic E-state index is 2.55. The van der Waals surface area contributed by atoms with Crippen LogP contribution in [0.25, 0.3) is 21.8 Å². The molecule has 0 bridgehead atoms. The SMILES string of the molecule is CCCC(CC)n1c2ccccc2c2ccccc21. The number of rotatable bonds is 4. The van der Waals surface area contributed by atoms with Crippen molar-refractivity contribution < 1.29 is 0 Å². The molecule has 0 spiro atoms. The van der Waals surface area contributed by atoms with E-state index < -0.39 is 0 Å². The van der Waals surface area contributed by atoms with Gasteiger partial charge < -0.3 is 4.57 Å². The topological polar surface area (TPSA) is 4.93 Å². The van der Waals surface area contributed by atoms with Gasteiger partial charge in [-0.15, -0.1) is 0 Å². The Bertz CT molecular complexity index is 640. The van der Waals surface area contributed by atoms with E-state index in [1.165, 1.54) is 41.1 Å². The second kappa shape index (κ2) is 5.08. The van der Waals surface area contributed by atoms with Crippen LogP contribution in [0.1, 0.15) is 39.2 Å². The number of aromatic nitrogens is 1. The maximum atomic E-state index is 2.55. The second-order valence-electron chi connectivity index (χ2n) is 5.26. The zero-order valence-electron chi connectivity index (χ0n) is 11.8. The van der Waals surface area contributed by atoms with Gasteiger partial charge in [-0.2, -0.15) is 0 Å². The highest BCUT2D eigenvalue weighted by Crippen LogP contribution is 2.34. The maximum Gasteiger partial charge on any atom is 0.0493 e. The lowest BCUT2D eigenvalue weighted by Crippen LogP contribution is -2.07. The first-order valence-electron chi connectivity index (χ1n) is 7.34. The smallest absolute Gasteiger partial charge is 0.0493 e. The van der Waals surface area contributed by atoms with Crippen LogP contribution in [0.2, 0.25) is 0 Å². The Morgan fingerprint density at radius 2 is 1.37 bits per heavy atom. The molecule has 0 radical (unpaired) electrons. The quantitative estimate of drug-likeness (QED) is 0.573. The summed E-state index contributed by atoms with van der Waals surface area (Å²) in [6, 6.07) is 18.2. The Morgan fingerprint density at radius 1 is 0.842 bits per heavy atom. The van der Waals surface area contributed by atoms with Crippen molar-refractivity contribution in [2.24, 2.45) is 0 Å². The van der Waals surface area contributed by atoms with Crippen molar-refractivity contribution in [3.05, 3.63) is 48.5 Å². The highest BCUT2D eigenvalue weighted by atomic mass is 15.0. The van der Waals surface area contributed by atoms with Gasteiger partial charge in [-0.05, 0) is 25.0 Å². The zero-order chi connectivity index (χ0) is 13.2. The lowest BCUT2D eigenvalue weighted by atomic mass is 10.1. The van der Waals surface area contributed by atoms with Crippen LogP contribution in [0.5, 0.6) is 0 Å². The van der Waals surface area contributed by atoms with Crippen LogP contribution < -0.4 is 0 Å². The van der Waals surface area contributed by atoms with Gasteiger partial charge in [0.1, 0.15) is 0 Å². The summed E-state index contributed by atoms with van der Waals surface area (Å²) in [7, 11) is 0. The van der Waals surface area contributed by atoms with E-state index >= 15 is 0 Å². The number of nitrogens with zero attached hydrogens (tertiary/aromatic N) is 1. The predicted octanol–water partition coefficient (Wildman–Crippen LogP) is 5.55. The fourth-order valence-corrected chi connectivity index (χ4v) is 3.20. The van der Waals surface area contributed by atoms with Crippen molar-refractivity contribution in [1.82, 2.24) is 4.57 Å². The van der Waals surface area contributed by atoms with Gasteiger partial charge in [-0.3, -0.25) is 0 Å². The van der Waals surface area contributed by atoms with E-state index in [-0.39, 0.29) is 0 Å². The third-order valence-electron chi connectivity index (χ3n) is 4.08. The van der Waals surface area contributed by atoms with Crippen molar-refractivity contribution in [1.29, 1.82) is 0 Å². The zero-order valence-corrected chi connectivity index (χ0v) is 11.8. The molecule has 1 unspecified atom stereocenters. The first-order valence-corrected chi connectivity index (χ1v) is 7.34. The van der Waals surface area contributed by atoms with Gasteiger partial charge in [0.25, 0.3) is 0 Å². The molecule has 1 atom stereocenters. The molecule has 0 aliphatic rings. The number of benzene rings is 2. The van der Waals surface area contributed by atoms with Crippen LogP contribution in [0.4, 0.5) is 0 Å². The van der Waals surface area contributed by atoms with Crippen molar-refractivity contribution >= 4 is 21.8 Å². The molecule has 1 nitrogen and oxygen atoms in total. The fourth-order valence-electron chi connectivity index (χ4n) is 3.20. The van der Waals surface area contributed by atoms with Crippen molar-refractivity contribution in [3.63, 3.8) is 0 Å². The normalized spacial score (nSPS) is 13.2. The molecule has 98 valence electrons. The highest BCUT2D eigenvalue weighted by Gasteiger charge is 2.15. The molecule has 1 aromatic heterocycles. The third-order valence-corrected chi connectivity index (χ3v) is 4.08. The molecule has 1 heterocycles. The van der Waals surface area contributed by atoms with E-state index in [4.69, 9.17) is 0 Å². The molecule has 0 saturated heterocycles. The van der Waals surface area contributed by atoms with Crippen LogP contribution in [-0.4, -0.2) is 4.57 Å². The highest BCUT2D eigenvalue weighted by molar-refractivity contribution is 6.08. The Hall–Kier alpha value is -1.76. The van der Waals surface area contributed by atoms with Gasteiger partial charge in [-0.1, -0.05) is 56.7 Å². The van der Waals surface area contributed by atoms with Crippen molar-refractivity contribution in [3.8, 4) is 0 Å². The van der Waals surface area contributed by atoms with Crippen molar-refractivity contribution in [2.75, 3.05) is 0 Å². The van der Waals surface area contributed by atoms with Gasteiger partial charge >= 0.3 is 0 Å². The third kappa shape index (κ3) is 1.94. The Labute approximate surface area is 114 Å². The molecular formula is C18H21N. The first kappa shape index (κ1) is 12.3. The minimum Gasteiger partial charge on any atom is -0.337 e. The Kier molecular flexibility index (Phi) is 3.29. The molecule has 3 rings (SSSR count). The minimum absolute atomic E-state index is 0.606. The monoisotopic (exact) mass is 251 g/mol. The van der Waals surface area contributed by atoms with E-state index in [0.717, 1.165) is 0 Å². The summed E-state index contributed by atoms with van der Waals surface area (Å²) in [4.78, 5) is 0. The summed E-state index contributed by atoms with van der Waals surface area (Å²) < 4.78 is 2.55. The van der Waals surface area contributed by atoms with Gasteiger partial charge in [-0.25, -0.2) is 0 Å². The fraction of sp³-hybridized carbons (Fsp3) is 0.333. The number of fused-ring (bicyclic) bond motifs is 3. The second-order valence-corrected chi connectivity index (χ2v) is 5.26. The summed E-state index contributed by atoms with van der Waals surface area (Å²) >= 11 is 0. The van der Waals surface area contributed by atoms with E-state index in [1.54, 1.807) is 0 Å². The van der Waals surface area contributed by atoms with E-state index in [2.05, 4.69) is 66.9 Å². The van der Waals surface area contributed by atoms with Gasteiger partial charge in [0, 0.05) is 27.8 Å². The summed E-state index contributed by atoms with van der Waals surface area (Å²) in [5.74, 6) is 0. The largest absolute Gasteiger partial charge is 0.337 e. The Morgan fingerprint density at radius 3 is 1.84 bits per heavy atom. The number of para-hydroxylation sites is 2. The molecule has 19 heavy (non-hydrogen) atoms. The number of hydrogen-bond acceptors (Lipinski definition) is 0. The molecule has 0 N–H and O–H groups in total. The lowest BCUT2D eigenvalue weighted by Gasteiger charge is -2.19. The summed E-state index contributed by atoms with van der Waals surface area (Å²) in [6.45, 7) is 4.57. The predicted molar refractivity (Wildman–Crippen MR) is 83.7 cm³/mol. The molecule has 3 aromatic rings. The Balaban J connectivity index is 2.35. The molecule has 0 aliphatic heterocycles. The van der Waals surface area contributed by atoms with E-state index in [1.807, 2.05) is 0 Å². The van der Waals surface area contributed by atoms with Crippen LogP contribution >= 0.6 is 0 Å². The van der Waals surface area contributed by atoms with Crippen LogP contribution in [-0.2, 0) is 0 Å². The molecule has 1 heteroatoms.